The van der Waals surface area contributed by atoms with Gasteiger partial charge in [0, 0.05) is 25.8 Å². The van der Waals surface area contributed by atoms with Crippen molar-refractivity contribution in [1.29, 1.82) is 0 Å². The molecule has 1 aromatic heterocycles. The minimum absolute atomic E-state index is 0.869. The van der Waals surface area contributed by atoms with Crippen LogP contribution in [-0.2, 0) is 6.54 Å². The lowest BCUT2D eigenvalue weighted by atomic mass is 10.0. The van der Waals surface area contributed by atoms with Gasteiger partial charge in [-0.15, -0.1) is 0 Å². The first-order valence-corrected chi connectivity index (χ1v) is 7.74. The van der Waals surface area contributed by atoms with E-state index in [9.17, 15) is 0 Å². The number of hydrogen-bond donors (Lipinski definition) is 1. The number of pyridine rings is 1. The number of rotatable bonds is 7. The lowest BCUT2D eigenvalue weighted by Gasteiger charge is -2.18. The van der Waals surface area contributed by atoms with Gasteiger partial charge in [0.15, 0.2) is 0 Å². The van der Waals surface area contributed by atoms with Crippen LogP contribution in [0.15, 0.2) is 18.3 Å². The number of nitrogens with zero attached hydrogens (tertiary/aromatic N) is 2. The lowest BCUT2D eigenvalue weighted by Crippen LogP contribution is -2.21. The Morgan fingerprint density at radius 1 is 1.37 bits per heavy atom. The predicted molar refractivity (Wildman–Crippen MR) is 81.5 cm³/mol. The van der Waals surface area contributed by atoms with E-state index in [1.807, 2.05) is 6.20 Å². The molecule has 0 bridgehead atoms. The molecule has 0 aliphatic carbocycles. The van der Waals surface area contributed by atoms with Crippen molar-refractivity contribution in [2.75, 3.05) is 24.5 Å². The van der Waals surface area contributed by atoms with Gasteiger partial charge in [-0.2, -0.15) is 0 Å². The summed E-state index contributed by atoms with van der Waals surface area (Å²) in [6.45, 7) is 8.87. The van der Waals surface area contributed by atoms with Gasteiger partial charge in [0.25, 0.3) is 0 Å². The van der Waals surface area contributed by atoms with Crippen LogP contribution in [-0.4, -0.2) is 24.6 Å². The molecule has 0 radical (unpaired) electrons. The highest BCUT2D eigenvalue weighted by molar-refractivity contribution is 5.42. The molecule has 1 aliphatic heterocycles. The van der Waals surface area contributed by atoms with Gasteiger partial charge in [0.1, 0.15) is 5.82 Å². The SMILES string of the molecule is CCCNCc1ccnc(N2CCC(CCC)C2)c1. The third-order valence-electron chi connectivity index (χ3n) is 3.87. The van der Waals surface area contributed by atoms with E-state index in [1.54, 1.807) is 0 Å². The van der Waals surface area contributed by atoms with Crippen LogP contribution >= 0.6 is 0 Å². The summed E-state index contributed by atoms with van der Waals surface area (Å²) in [6, 6.07) is 4.36. The monoisotopic (exact) mass is 261 g/mol. The van der Waals surface area contributed by atoms with Crippen LogP contribution in [0, 0.1) is 5.92 Å². The van der Waals surface area contributed by atoms with Crippen molar-refractivity contribution in [3.05, 3.63) is 23.9 Å². The fourth-order valence-electron chi connectivity index (χ4n) is 2.84. The van der Waals surface area contributed by atoms with Crippen molar-refractivity contribution in [3.63, 3.8) is 0 Å². The Bertz CT molecular complexity index is 378. The van der Waals surface area contributed by atoms with E-state index < -0.39 is 0 Å². The molecule has 2 heterocycles. The Morgan fingerprint density at radius 2 is 2.26 bits per heavy atom. The smallest absolute Gasteiger partial charge is 0.128 e. The first-order chi connectivity index (χ1) is 9.33. The Hall–Kier alpha value is -1.09. The Kier molecular flexibility index (Phi) is 5.64. The molecule has 1 aliphatic rings. The van der Waals surface area contributed by atoms with E-state index in [0.29, 0.717) is 0 Å². The highest BCUT2D eigenvalue weighted by atomic mass is 15.2. The predicted octanol–water partition coefficient (Wildman–Crippen LogP) is 3.21. The van der Waals surface area contributed by atoms with Crippen molar-refractivity contribution < 1.29 is 0 Å². The van der Waals surface area contributed by atoms with E-state index >= 15 is 0 Å². The number of aromatic nitrogens is 1. The van der Waals surface area contributed by atoms with E-state index in [4.69, 9.17) is 0 Å². The Morgan fingerprint density at radius 3 is 3.05 bits per heavy atom. The molecule has 19 heavy (non-hydrogen) atoms. The number of nitrogens with one attached hydrogen (secondary N) is 1. The zero-order valence-electron chi connectivity index (χ0n) is 12.4. The van der Waals surface area contributed by atoms with Crippen LogP contribution < -0.4 is 10.2 Å². The average molecular weight is 261 g/mol. The van der Waals surface area contributed by atoms with Crippen molar-refractivity contribution in [2.24, 2.45) is 5.92 Å². The summed E-state index contributed by atoms with van der Waals surface area (Å²) in [4.78, 5) is 6.99. The highest BCUT2D eigenvalue weighted by Crippen LogP contribution is 2.25. The topological polar surface area (TPSA) is 28.2 Å². The van der Waals surface area contributed by atoms with Gasteiger partial charge >= 0.3 is 0 Å². The lowest BCUT2D eigenvalue weighted by molar-refractivity contribution is 0.529. The fraction of sp³-hybridized carbons (Fsp3) is 0.688. The fourth-order valence-corrected chi connectivity index (χ4v) is 2.84. The summed E-state index contributed by atoms with van der Waals surface area (Å²) >= 11 is 0. The molecule has 3 nitrogen and oxygen atoms in total. The minimum Gasteiger partial charge on any atom is -0.356 e. The molecule has 1 aromatic rings. The highest BCUT2D eigenvalue weighted by Gasteiger charge is 2.22. The van der Waals surface area contributed by atoms with E-state index in [0.717, 1.165) is 24.8 Å². The van der Waals surface area contributed by atoms with Crippen molar-refractivity contribution >= 4 is 5.82 Å². The second-order valence-corrected chi connectivity index (χ2v) is 5.59. The van der Waals surface area contributed by atoms with Crippen molar-refractivity contribution in [2.45, 2.75) is 46.1 Å². The van der Waals surface area contributed by atoms with Gasteiger partial charge in [-0.25, -0.2) is 4.98 Å². The minimum atomic E-state index is 0.869. The zero-order valence-corrected chi connectivity index (χ0v) is 12.4. The first-order valence-electron chi connectivity index (χ1n) is 7.74. The normalized spacial score (nSPS) is 19.1. The molecule has 0 aromatic carbocycles. The summed E-state index contributed by atoms with van der Waals surface area (Å²) in [5, 5.41) is 3.45. The van der Waals surface area contributed by atoms with E-state index in [-0.39, 0.29) is 0 Å². The Labute approximate surface area is 117 Å². The molecular formula is C16H27N3. The maximum Gasteiger partial charge on any atom is 0.128 e. The molecule has 1 unspecified atom stereocenters. The van der Waals surface area contributed by atoms with E-state index in [2.05, 4.69) is 41.2 Å². The largest absolute Gasteiger partial charge is 0.356 e. The molecule has 0 amide bonds. The van der Waals surface area contributed by atoms with Gasteiger partial charge in [0.05, 0.1) is 0 Å². The molecule has 1 saturated heterocycles. The van der Waals surface area contributed by atoms with Gasteiger partial charge < -0.3 is 10.2 Å². The summed E-state index contributed by atoms with van der Waals surface area (Å²) in [5.74, 6) is 2.03. The second kappa shape index (κ2) is 7.49. The Balaban J connectivity index is 1.91. The third-order valence-corrected chi connectivity index (χ3v) is 3.87. The molecule has 2 rings (SSSR count). The van der Waals surface area contributed by atoms with Gasteiger partial charge in [0.2, 0.25) is 0 Å². The van der Waals surface area contributed by atoms with Gasteiger partial charge in [-0.05, 0) is 49.4 Å². The molecule has 1 N–H and O–H groups in total. The summed E-state index contributed by atoms with van der Waals surface area (Å²) in [5.41, 5.74) is 1.34. The van der Waals surface area contributed by atoms with Crippen LogP contribution in [0.4, 0.5) is 5.82 Å². The molecule has 0 spiro atoms. The summed E-state index contributed by atoms with van der Waals surface area (Å²) in [7, 11) is 0. The quantitative estimate of drug-likeness (QED) is 0.764. The molecule has 0 saturated carbocycles. The van der Waals surface area contributed by atoms with Crippen LogP contribution in [0.2, 0.25) is 0 Å². The van der Waals surface area contributed by atoms with Crippen molar-refractivity contribution in [1.82, 2.24) is 10.3 Å². The average Bonchev–Trinajstić information content (AvgIpc) is 2.89. The standard InChI is InChI=1S/C16H27N3/c1-3-5-14-7-10-19(13-14)16-11-15(6-9-18-16)12-17-8-4-2/h6,9,11,14,17H,3-5,7-8,10,12-13H2,1-2H3. The number of hydrogen-bond acceptors (Lipinski definition) is 3. The maximum atomic E-state index is 4.54. The molecule has 1 atom stereocenters. The molecule has 3 heteroatoms. The molecule has 106 valence electrons. The van der Waals surface area contributed by atoms with Gasteiger partial charge in [-0.3, -0.25) is 0 Å². The van der Waals surface area contributed by atoms with Crippen LogP contribution in [0.3, 0.4) is 0 Å². The summed E-state index contributed by atoms with van der Waals surface area (Å²) < 4.78 is 0. The number of anilines is 1. The molecular weight excluding hydrogens is 234 g/mol. The van der Waals surface area contributed by atoms with Gasteiger partial charge in [-0.1, -0.05) is 20.3 Å². The first kappa shape index (κ1) is 14.3. The zero-order chi connectivity index (χ0) is 13.5. The summed E-state index contributed by atoms with van der Waals surface area (Å²) in [6.07, 6.45) is 7.11. The van der Waals surface area contributed by atoms with Crippen LogP contribution in [0.5, 0.6) is 0 Å². The maximum absolute atomic E-state index is 4.54. The van der Waals surface area contributed by atoms with E-state index in [1.165, 1.54) is 44.3 Å². The van der Waals surface area contributed by atoms with Crippen LogP contribution in [0.25, 0.3) is 0 Å². The molecule has 1 fully saturated rings. The third kappa shape index (κ3) is 4.20. The van der Waals surface area contributed by atoms with Crippen molar-refractivity contribution in [3.8, 4) is 0 Å². The van der Waals surface area contributed by atoms with Crippen LogP contribution in [0.1, 0.15) is 45.1 Å². The second-order valence-electron chi connectivity index (χ2n) is 5.59.